The van der Waals surface area contributed by atoms with Crippen LogP contribution >= 0.6 is 0 Å². The minimum Gasteiger partial charge on any atom is -0.334 e. The number of carbonyl (C=O) groups excluding carboxylic acids is 1. The first-order chi connectivity index (χ1) is 9.38. The van der Waals surface area contributed by atoms with Gasteiger partial charge in [-0.25, -0.2) is 0 Å². The fourth-order valence-corrected chi connectivity index (χ4v) is 2.66. The molecule has 2 N–H and O–H groups in total. The van der Waals surface area contributed by atoms with Crippen LogP contribution in [-0.4, -0.2) is 10.8 Å². The molecule has 110 valence electrons. The number of nitrogens with two attached hydrogens (primary N) is 1. The lowest BCUT2D eigenvalue weighted by Gasteiger charge is -2.17. The number of amides is 1. The number of carbonyl (C=O) groups is 1. The Morgan fingerprint density at radius 2 is 1.85 bits per heavy atom. The van der Waals surface area contributed by atoms with E-state index >= 15 is 0 Å². The highest BCUT2D eigenvalue weighted by molar-refractivity contribution is 5.77. The van der Waals surface area contributed by atoms with Crippen molar-refractivity contribution in [3.63, 3.8) is 0 Å². The maximum Gasteiger partial charge on any atom is 0.223 e. The number of nitrogens with zero attached hydrogens (tertiary/aromatic N) is 1. The highest BCUT2D eigenvalue weighted by Gasteiger charge is 2.24. The van der Waals surface area contributed by atoms with E-state index in [1.54, 1.807) is 0 Å². The molecule has 1 aliphatic heterocycles. The Bertz CT molecular complexity index is 494. The number of benzene rings is 1. The van der Waals surface area contributed by atoms with E-state index in [0.29, 0.717) is 18.3 Å². The second kappa shape index (κ2) is 5.96. The van der Waals surface area contributed by atoms with Crippen LogP contribution in [0.3, 0.4) is 0 Å². The average Bonchev–Trinajstić information content (AvgIpc) is 2.79. The zero-order chi connectivity index (χ0) is 14.9. The first-order valence-electron chi connectivity index (χ1n) is 7.53. The Morgan fingerprint density at radius 3 is 2.45 bits per heavy atom. The zero-order valence-electron chi connectivity index (χ0n) is 13.0. The molecule has 1 aromatic carbocycles. The molecule has 1 heterocycles. The predicted molar refractivity (Wildman–Crippen MR) is 81.9 cm³/mol. The van der Waals surface area contributed by atoms with Crippen molar-refractivity contribution in [1.82, 2.24) is 4.90 Å². The van der Waals surface area contributed by atoms with Crippen molar-refractivity contribution in [2.75, 3.05) is 0 Å². The molecule has 1 unspecified atom stereocenters. The smallest absolute Gasteiger partial charge is 0.223 e. The van der Waals surface area contributed by atoms with E-state index in [0.717, 1.165) is 13.1 Å². The van der Waals surface area contributed by atoms with E-state index in [1.807, 2.05) is 4.90 Å². The van der Waals surface area contributed by atoms with Crippen LogP contribution in [0.15, 0.2) is 18.2 Å². The van der Waals surface area contributed by atoms with E-state index in [-0.39, 0.29) is 11.9 Å². The number of rotatable bonds is 4. The molecule has 20 heavy (non-hydrogen) atoms. The van der Waals surface area contributed by atoms with Crippen molar-refractivity contribution < 1.29 is 4.79 Å². The van der Waals surface area contributed by atoms with Crippen LogP contribution in [0.5, 0.6) is 0 Å². The van der Waals surface area contributed by atoms with Crippen LogP contribution < -0.4 is 5.73 Å². The Labute approximate surface area is 122 Å². The lowest BCUT2D eigenvalue weighted by molar-refractivity contribution is -0.132. The molecule has 2 rings (SSSR count). The van der Waals surface area contributed by atoms with E-state index in [1.165, 1.54) is 16.7 Å². The predicted octanol–water partition coefficient (Wildman–Crippen LogP) is 3.23. The van der Waals surface area contributed by atoms with Gasteiger partial charge in [0, 0.05) is 25.6 Å². The molecular weight excluding hydrogens is 248 g/mol. The third-order valence-electron chi connectivity index (χ3n) is 3.99. The molecule has 0 aliphatic carbocycles. The van der Waals surface area contributed by atoms with Crippen LogP contribution in [0.2, 0.25) is 0 Å². The largest absolute Gasteiger partial charge is 0.334 e. The second-order valence-corrected chi connectivity index (χ2v) is 6.65. The van der Waals surface area contributed by atoms with Crippen molar-refractivity contribution in [2.24, 2.45) is 17.6 Å². The Balaban J connectivity index is 2.11. The summed E-state index contributed by atoms with van der Waals surface area (Å²) in [6.45, 7) is 9.92. The van der Waals surface area contributed by atoms with Gasteiger partial charge < -0.3 is 10.6 Å². The summed E-state index contributed by atoms with van der Waals surface area (Å²) in [5, 5.41) is 0. The number of fused-ring (bicyclic) bond motifs is 1. The fourth-order valence-electron chi connectivity index (χ4n) is 2.66. The minimum atomic E-state index is 0.0701. The van der Waals surface area contributed by atoms with E-state index < -0.39 is 0 Å². The van der Waals surface area contributed by atoms with Gasteiger partial charge in [0.05, 0.1) is 0 Å². The molecule has 0 fully saturated rings. The molecule has 1 atom stereocenters. The maximum atomic E-state index is 12.2. The highest BCUT2D eigenvalue weighted by Crippen LogP contribution is 2.28. The van der Waals surface area contributed by atoms with Crippen LogP contribution in [0.1, 0.15) is 56.8 Å². The number of hydrogen-bond donors (Lipinski definition) is 1. The van der Waals surface area contributed by atoms with E-state index in [2.05, 4.69) is 45.9 Å². The molecule has 1 amide bonds. The van der Waals surface area contributed by atoms with Gasteiger partial charge in [0.2, 0.25) is 5.91 Å². The first-order valence-corrected chi connectivity index (χ1v) is 7.53. The second-order valence-electron chi connectivity index (χ2n) is 6.65. The van der Waals surface area contributed by atoms with Gasteiger partial charge in [0.15, 0.2) is 0 Å². The molecule has 3 heteroatoms. The Morgan fingerprint density at radius 1 is 1.20 bits per heavy atom. The fraction of sp³-hybridized carbons (Fsp3) is 0.588. The lowest BCUT2D eigenvalue weighted by Crippen LogP contribution is -2.26. The minimum absolute atomic E-state index is 0.0701. The Kier molecular flexibility index (Phi) is 4.48. The summed E-state index contributed by atoms with van der Waals surface area (Å²) in [5.74, 6) is 1.09. The van der Waals surface area contributed by atoms with Gasteiger partial charge in [-0.2, -0.15) is 0 Å². The van der Waals surface area contributed by atoms with E-state index in [9.17, 15) is 4.79 Å². The summed E-state index contributed by atoms with van der Waals surface area (Å²) in [5.41, 5.74) is 9.91. The summed E-state index contributed by atoms with van der Waals surface area (Å²) in [7, 11) is 0. The summed E-state index contributed by atoms with van der Waals surface area (Å²) in [6.07, 6.45) is 0.631. The summed E-state index contributed by atoms with van der Waals surface area (Å²) >= 11 is 0. The topological polar surface area (TPSA) is 46.3 Å². The van der Waals surface area contributed by atoms with Crippen molar-refractivity contribution in [1.29, 1.82) is 0 Å². The SMILES string of the molecule is CC(C)CC(=O)N1Cc2ccc(C(N)C(C)C)cc2C1. The summed E-state index contributed by atoms with van der Waals surface area (Å²) in [6, 6.07) is 6.50. The third-order valence-corrected chi connectivity index (χ3v) is 3.99. The molecule has 0 aromatic heterocycles. The van der Waals surface area contributed by atoms with Gasteiger partial charge in [-0.1, -0.05) is 45.9 Å². The molecule has 0 saturated carbocycles. The molecule has 0 spiro atoms. The van der Waals surface area contributed by atoms with Crippen LogP contribution in [0.4, 0.5) is 0 Å². The lowest BCUT2D eigenvalue weighted by atomic mass is 9.94. The maximum absolute atomic E-state index is 12.2. The summed E-state index contributed by atoms with van der Waals surface area (Å²) < 4.78 is 0. The molecular formula is C17H26N2O. The van der Waals surface area contributed by atoms with Crippen LogP contribution in [0.25, 0.3) is 0 Å². The Hall–Kier alpha value is -1.35. The molecule has 0 saturated heterocycles. The molecule has 1 aromatic rings. The van der Waals surface area contributed by atoms with Gasteiger partial charge >= 0.3 is 0 Å². The first kappa shape index (κ1) is 15.0. The van der Waals surface area contributed by atoms with Crippen LogP contribution in [0, 0.1) is 11.8 Å². The van der Waals surface area contributed by atoms with Gasteiger partial charge in [0.25, 0.3) is 0 Å². The summed E-state index contributed by atoms with van der Waals surface area (Å²) in [4.78, 5) is 14.1. The van der Waals surface area contributed by atoms with Crippen molar-refractivity contribution in [3.05, 3.63) is 34.9 Å². The normalized spacial score (nSPS) is 15.8. The molecule has 0 radical (unpaired) electrons. The number of hydrogen-bond acceptors (Lipinski definition) is 2. The van der Waals surface area contributed by atoms with Crippen LogP contribution in [-0.2, 0) is 17.9 Å². The quantitative estimate of drug-likeness (QED) is 0.916. The van der Waals surface area contributed by atoms with Gasteiger partial charge in [-0.3, -0.25) is 4.79 Å². The van der Waals surface area contributed by atoms with E-state index in [4.69, 9.17) is 5.73 Å². The molecule has 1 aliphatic rings. The van der Waals surface area contributed by atoms with Gasteiger partial charge in [-0.05, 0) is 28.5 Å². The monoisotopic (exact) mass is 274 g/mol. The molecule has 0 bridgehead atoms. The zero-order valence-corrected chi connectivity index (χ0v) is 13.0. The van der Waals surface area contributed by atoms with Crippen molar-refractivity contribution >= 4 is 5.91 Å². The van der Waals surface area contributed by atoms with Crippen molar-refractivity contribution in [3.8, 4) is 0 Å². The third kappa shape index (κ3) is 3.21. The standard InChI is InChI=1S/C17H26N2O/c1-11(2)7-16(20)19-9-14-6-5-13(8-15(14)10-19)17(18)12(3)4/h5-6,8,11-12,17H,7,9-10,18H2,1-4H3. The average molecular weight is 274 g/mol. The van der Waals surface area contributed by atoms with Gasteiger partial charge in [-0.15, -0.1) is 0 Å². The van der Waals surface area contributed by atoms with Crippen molar-refractivity contribution in [2.45, 2.75) is 53.2 Å². The molecule has 3 nitrogen and oxygen atoms in total. The highest BCUT2D eigenvalue weighted by atomic mass is 16.2. The van der Waals surface area contributed by atoms with Gasteiger partial charge in [0.1, 0.15) is 0 Å².